The van der Waals surface area contributed by atoms with Crippen LogP contribution in [0.4, 0.5) is 5.69 Å². The van der Waals surface area contributed by atoms with E-state index in [-0.39, 0.29) is 23.9 Å². The molecule has 1 N–H and O–H groups in total. The Morgan fingerprint density at radius 3 is 2.29 bits per heavy atom. The van der Waals surface area contributed by atoms with Gasteiger partial charge in [-0.1, -0.05) is 44.1 Å². The number of sulfonamides is 1. The summed E-state index contributed by atoms with van der Waals surface area (Å²) in [5.41, 5.74) is 0.919. The fourth-order valence-electron chi connectivity index (χ4n) is 2.93. The van der Waals surface area contributed by atoms with Crippen LogP contribution in [0.15, 0.2) is 78.7 Å². The molecule has 0 aliphatic heterocycles. The lowest BCUT2D eigenvalue weighted by atomic mass is 10.2. The van der Waals surface area contributed by atoms with Crippen molar-refractivity contribution in [3.63, 3.8) is 0 Å². The molecule has 6 nitrogen and oxygen atoms in total. The lowest BCUT2D eigenvalue weighted by Gasteiger charge is -2.19. The Hall–Kier alpha value is -2.90. The van der Waals surface area contributed by atoms with Crippen LogP contribution >= 0.6 is 0 Å². The van der Waals surface area contributed by atoms with Gasteiger partial charge in [-0.2, -0.15) is 4.31 Å². The lowest BCUT2D eigenvalue weighted by molar-refractivity contribution is 0.102. The van der Waals surface area contributed by atoms with E-state index in [1.54, 1.807) is 30.3 Å². The van der Waals surface area contributed by atoms with Crippen LogP contribution < -0.4 is 10.1 Å². The van der Waals surface area contributed by atoms with Crippen LogP contribution in [-0.2, 0) is 10.0 Å². The molecular formula is C24H30N2O4S. The second-order valence-corrected chi connectivity index (χ2v) is 8.87. The van der Waals surface area contributed by atoms with E-state index in [2.05, 4.69) is 25.4 Å². The molecule has 1 amide bonds. The van der Waals surface area contributed by atoms with Gasteiger partial charge >= 0.3 is 0 Å². The van der Waals surface area contributed by atoms with Crippen LogP contribution in [0.5, 0.6) is 5.75 Å². The highest BCUT2D eigenvalue weighted by Gasteiger charge is 2.22. The van der Waals surface area contributed by atoms with E-state index in [0.717, 1.165) is 19.3 Å². The Morgan fingerprint density at radius 1 is 1.03 bits per heavy atom. The van der Waals surface area contributed by atoms with Crippen LogP contribution in [-0.4, -0.2) is 38.3 Å². The van der Waals surface area contributed by atoms with Crippen molar-refractivity contribution < 1.29 is 17.9 Å². The molecule has 0 bridgehead atoms. The Morgan fingerprint density at radius 2 is 1.68 bits per heavy atom. The van der Waals surface area contributed by atoms with Crippen LogP contribution in [0.25, 0.3) is 0 Å². The Kier molecular flexibility index (Phi) is 9.49. The number of anilines is 1. The van der Waals surface area contributed by atoms with E-state index in [1.807, 2.05) is 6.07 Å². The fraction of sp³-hybridized carbons (Fsp3) is 0.292. The number of nitrogens with zero attached hydrogens (tertiary/aromatic N) is 1. The van der Waals surface area contributed by atoms with Gasteiger partial charge in [0.25, 0.3) is 5.91 Å². The van der Waals surface area contributed by atoms with Crippen molar-refractivity contribution in [2.45, 2.75) is 31.1 Å². The molecule has 0 unspecified atom stereocenters. The number of hydrogen-bond donors (Lipinski definition) is 1. The Labute approximate surface area is 185 Å². The van der Waals surface area contributed by atoms with Crippen LogP contribution in [0.2, 0.25) is 0 Å². The summed E-state index contributed by atoms with van der Waals surface area (Å²) in [5.74, 6) is 0.210. The quantitative estimate of drug-likeness (QED) is 0.355. The molecule has 0 saturated heterocycles. The molecule has 0 fully saturated rings. The van der Waals surface area contributed by atoms with E-state index in [0.29, 0.717) is 23.6 Å². The summed E-state index contributed by atoms with van der Waals surface area (Å²) in [6, 6.07) is 13.1. The highest BCUT2D eigenvalue weighted by molar-refractivity contribution is 7.89. The molecule has 0 saturated carbocycles. The van der Waals surface area contributed by atoms with Gasteiger partial charge < -0.3 is 10.1 Å². The van der Waals surface area contributed by atoms with Crippen LogP contribution in [0, 0.1) is 0 Å². The first-order valence-electron chi connectivity index (χ1n) is 10.3. The van der Waals surface area contributed by atoms with Crippen LogP contribution in [0.1, 0.15) is 36.5 Å². The number of carbonyl (C=O) groups is 1. The van der Waals surface area contributed by atoms with Crippen molar-refractivity contribution in [1.29, 1.82) is 0 Å². The summed E-state index contributed by atoms with van der Waals surface area (Å²) < 4.78 is 32.6. The zero-order valence-corrected chi connectivity index (χ0v) is 18.7. The van der Waals surface area contributed by atoms with Crippen LogP contribution in [0.3, 0.4) is 0 Å². The number of para-hydroxylation sites is 1. The third-order valence-electron chi connectivity index (χ3n) is 4.55. The van der Waals surface area contributed by atoms with Crippen molar-refractivity contribution in [2.24, 2.45) is 0 Å². The largest absolute Gasteiger partial charge is 0.493 e. The van der Waals surface area contributed by atoms with Gasteiger partial charge in [-0.15, -0.1) is 13.2 Å². The monoisotopic (exact) mass is 442 g/mol. The predicted octanol–water partition coefficient (Wildman–Crippen LogP) is 4.87. The molecular weight excluding hydrogens is 412 g/mol. The van der Waals surface area contributed by atoms with Crippen molar-refractivity contribution in [2.75, 3.05) is 25.0 Å². The average molecular weight is 443 g/mol. The summed E-state index contributed by atoms with van der Waals surface area (Å²) in [5, 5.41) is 2.80. The molecule has 0 spiro atoms. The molecule has 0 heterocycles. The summed E-state index contributed by atoms with van der Waals surface area (Å²) in [4.78, 5) is 12.9. The maximum atomic E-state index is 12.8. The highest BCUT2D eigenvalue weighted by Crippen LogP contribution is 2.22. The average Bonchev–Trinajstić information content (AvgIpc) is 2.77. The van der Waals surface area contributed by atoms with Gasteiger partial charge in [0.15, 0.2) is 0 Å². The first kappa shape index (κ1) is 24.4. The number of rotatable bonds is 13. The zero-order chi connectivity index (χ0) is 22.7. The SMILES string of the molecule is C=CCN(CC=C)S(=O)(=O)c1ccc(NC(=O)c2ccccc2OCCCCC)cc1. The van der Waals surface area contributed by atoms with E-state index < -0.39 is 10.0 Å². The molecule has 0 aromatic heterocycles. The van der Waals surface area contributed by atoms with Gasteiger partial charge in [-0.3, -0.25) is 4.79 Å². The summed E-state index contributed by atoms with van der Waals surface area (Å²) in [7, 11) is -3.69. The van der Waals surface area contributed by atoms with Gasteiger partial charge in [0.05, 0.1) is 17.1 Å². The fourth-order valence-corrected chi connectivity index (χ4v) is 4.31. The second-order valence-electron chi connectivity index (χ2n) is 6.93. The predicted molar refractivity (Wildman–Crippen MR) is 125 cm³/mol. The minimum absolute atomic E-state index is 0.133. The molecule has 31 heavy (non-hydrogen) atoms. The molecule has 0 atom stereocenters. The number of ether oxygens (including phenoxy) is 1. The van der Waals surface area contributed by atoms with Gasteiger partial charge in [0.1, 0.15) is 5.75 Å². The Bertz CT molecular complexity index is 975. The van der Waals surface area contributed by atoms with Crippen molar-refractivity contribution in [3.8, 4) is 5.75 Å². The first-order valence-corrected chi connectivity index (χ1v) is 11.7. The number of carbonyl (C=O) groups excluding carboxylic acids is 1. The minimum Gasteiger partial charge on any atom is -0.493 e. The van der Waals surface area contributed by atoms with Gasteiger partial charge in [-0.25, -0.2) is 8.42 Å². The molecule has 0 radical (unpaired) electrons. The minimum atomic E-state index is -3.69. The lowest BCUT2D eigenvalue weighted by Crippen LogP contribution is -2.31. The second kappa shape index (κ2) is 12.1. The smallest absolute Gasteiger partial charge is 0.259 e. The van der Waals surface area contributed by atoms with Crippen molar-refractivity contribution in [3.05, 3.63) is 79.4 Å². The van der Waals surface area contributed by atoms with E-state index >= 15 is 0 Å². The first-order chi connectivity index (χ1) is 14.9. The van der Waals surface area contributed by atoms with Gasteiger partial charge in [0.2, 0.25) is 10.0 Å². The third kappa shape index (κ3) is 6.80. The molecule has 7 heteroatoms. The molecule has 2 rings (SSSR count). The normalized spacial score (nSPS) is 11.2. The number of nitrogens with one attached hydrogen (secondary N) is 1. The molecule has 2 aromatic carbocycles. The maximum absolute atomic E-state index is 12.8. The van der Waals surface area contributed by atoms with Crippen molar-refractivity contribution >= 4 is 21.6 Å². The number of unbranched alkanes of at least 4 members (excludes halogenated alkanes) is 2. The number of amides is 1. The van der Waals surface area contributed by atoms with Gasteiger partial charge in [0, 0.05) is 18.8 Å². The summed E-state index contributed by atoms with van der Waals surface area (Å²) in [6.45, 7) is 10.2. The van der Waals surface area contributed by atoms with E-state index in [4.69, 9.17) is 4.74 Å². The molecule has 166 valence electrons. The molecule has 0 aliphatic rings. The summed E-state index contributed by atoms with van der Waals surface area (Å²) >= 11 is 0. The number of hydrogen-bond acceptors (Lipinski definition) is 4. The topological polar surface area (TPSA) is 75.7 Å². The molecule has 0 aliphatic carbocycles. The zero-order valence-electron chi connectivity index (χ0n) is 17.9. The Balaban J connectivity index is 2.12. The van der Waals surface area contributed by atoms with E-state index in [1.165, 1.54) is 28.6 Å². The standard InChI is InChI=1S/C24H30N2O4S/c1-4-7-10-19-30-23-12-9-8-11-22(23)24(27)25-20-13-15-21(16-14-20)31(28,29)26(17-5-2)18-6-3/h5-6,8-9,11-16H,2-4,7,10,17-19H2,1H3,(H,25,27). The maximum Gasteiger partial charge on any atom is 0.259 e. The number of benzene rings is 2. The van der Waals surface area contributed by atoms with E-state index in [9.17, 15) is 13.2 Å². The van der Waals surface area contributed by atoms with Crippen molar-refractivity contribution in [1.82, 2.24) is 4.31 Å². The summed E-state index contributed by atoms with van der Waals surface area (Å²) in [6.07, 6.45) is 6.14. The highest BCUT2D eigenvalue weighted by atomic mass is 32.2. The molecule has 2 aromatic rings. The third-order valence-corrected chi connectivity index (χ3v) is 6.40. The van der Waals surface area contributed by atoms with Gasteiger partial charge in [-0.05, 0) is 42.8 Å².